The topological polar surface area (TPSA) is 103 Å². The van der Waals surface area contributed by atoms with Gasteiger partial charge in [0.05, 0.1) is 26.8 Å². The average Bonchev–Trinajstić information content (AvgIpc) is 2.45. The number of nitrogens with two attached hydrogens (primary N) is 1. The molecular formula is C13H19N3O4. The highest BCUT2D eigenvalue weighted by Gasteiger charge is 2.08. The lowest BCUT2D eigenvalue weighted by Crippen LogP contribution is -2.36. The molecule has 1 rings (SSSR count). The molecule has 0 saturated carbocycles. The molecule has 0 spiro atoms. The van der Waals surface area contributed by atoms with Crippen molar-refractivity contribution in [2.45, 2.75) is 6.92 Å². The van der Waals surface area contributed by atoms with Gasteiger partial charge in [-0.1, -0.05) is 0 Å². The Hall–Kier alpha value is -2.28. The number of ether oxygens (including phenoxy) is 2. The maximum Gasteiger partial charge on any atom is 0.243 e. The lowest BCUT2D eigenvalue weighted by Gasteiger charge is -2.12. The third kappa shape index (κ3) is 4.77. The van der Waals surface area contributed by atoms with E-state index in [0.29, 0.717) is 23.8 Å². The summed E-state index contributed by atoms with van der Waals surface area (Å²) in [6.45, 7) is 2.06. The number of rotatable bonds is 7. The minimum Gasteiger partial charge on any atom is -0.493 e. The molecule has 0 bridgehead atoms. The van der Waals surface area contributed by atoms with Crippen molar-refractivity contribution >= 4 is 17.5 Å². The van der Waals surface area contributed by atoms with Gasteiger partial charge in [-0.05, 0) is 19.1 Å². The zero-order chi connectivity index (χ0) is 15.0. The highest BCUT2D eigenvalue weighted by atomic mass is 16.5. The van der Waals surface area contributed by atoms with Gasteiger partial charge in [0.15, 0.2) is 11.5 Å². The molecule has 0 aliphatic carbocycles. The van der Waals surface area contributed by atoms with E-state index >= 15 is 0 Å². The minimum atomic E-state index is -0.384. The van der Waals surface area contributed by atoms with Crippen LogP contribution >= 0.6 is 0 Å². The minimum absolute atomic E-state index is 0.133. The van der Waals surface area contributed by atoms with Crippen LogP contribution in [-0.4, -0.2) is 38.6 Å². The molecule has 0 aromatic heterocycles. The van der Waals surface area contributed by atoms with Gasteiger partial charge in [0.1, 0.15) is 0 Å². The molecular weight excluding hydrogens is 262 g/mol. The van der Waals surface area contributed by atoms with E-state index in [1.54, 1.807) is 25.3 Å². The van der Waals surface area contributed by atoms with E-state index in [4.69, 9.17) is 15.2 Å². The third-order valence-corrected chi connectivity index (χ3v) is 2.38. The summed E-state index contributed by atoms with van der Waals surface area (Å²) in [6, 6.07) is 5.04. The summed E-state index contributed by atoms with van der Waals surface area (Å²) in [6.07, 6.45) is 0. The molecule has 7 nitrogen and oxygen atoms in total. The van der Waals surface area contributed by atoms with Crippen molar-refractivity contribution in [1.82, 2.24) is 5.32 Å². The number of anilines is 1. The van der Waals surface area contributed by atoms with Gasteiger partial charge in [-0.25, -0.2) is 0 Å². The zero-order valence-electron chi connectivity index (χ0n) is 11.6. The van der Waals surface area contributed by atoms with Crippen molar-refractivity contribution in [3.63, 3.8) is 0 Å². The Balaban J connectivity index is 2.65. The van der Waals surface area contributed by atoms with Crippen molar-refractivity contribution in [2.24, 2.45) is 5.73 Å². The smallest absolute Gasteiger partial charge is 0.243 e. The second kappa shape index (κ2) is 8.00. The standard InChI is InChI=1S/C13H19N3O4/c1-3-20-11-6-9(4-5-10(11)19-2)16-13(18)8-15-12(17)7-14/h4-6H,3,7-8,14H2,1-2H3,(H,15,17)(H,16,18). The Labute approximate surface area is 117 Å². The Bertz CT molecular complexity index is 477. The summed E-state index contributed by atoms with van der Waals surface area (Å²) in [5.74, 6) is 0.393. The lowest BCUT2D eigenvalue weighted by atomic mass is 10.2. The van der Waals surface area contributed by atoms with Crippen LogP contribution in [0.15, 0.2) is 18.2 Å². The number of amides is 2. The van der Waals surface area contributed by atoms with Crippen LogP contribution in [0.2, 0.25) is 0 Å². The van der Waals surface area contributed by atoms with Crippen molar-refractivity contribution in [3.05, 3.63) is 18.2 Å². The normalized spacial score (nSPS) is 9.75. The molecule has 0 saturated heterocycles. The predicted octanol–water partition coefficient (Wildman–Crippen LogP) is 0.107. The van der Waals surface area contributed by atoms with Gasteiger partial charge in [-0.3, -0.25) is 9.59 Å². The van der Waals surface area contributed by atoms with E-state index in [1.165, 1.54) is 0 Å². The highest BCUT2D eigenvalue weighted by Crippen LogP contribution is 2.30. The second-order valence-corrected chi connectivity index (χ2v) is 3.83. The Morgan fingerprint density at radius 3 is 2.60 bits per heavy atom. The van der Waals surface area contributed by atoms with Crippen LogP contribution in [0.3, 0.4) is 0 Å². The molecule has 20 heavy (non-hydrogen) atoms. The van der Waals surface area contributed by atoms with E-state index in [2.05, 4.69) is 10.6 Å². The Morgan fingerprint density at radius 2 is 2.00 bits per heavy atom. The van der Waals surface area contributed by atoms with Crippen LogP contribution in [0.4, 0.5) is 5.69 Å². The fraction of sp³-hybridized carbons (Fsp3) is 0.385. The van der Waals surface area contributed by atoms with Gasteiger partial charge in [-0.2, -0.15) is 0 Å². The van der Waals surface area contributed by atoms with E-state index < -0.39 is 0 Å². The monoisotopic (exact) mass is 281 g/mol. The molecule has 1 aromatic carbocycles. The van der Waals surface area contributed by atoms with Gasteiger partial charge in [0.25, 0.3) is 0 Å². The number of benzene rings is 1. The fourth-order valence-corrected chi connectivity index (χ4v) is 1.48. The number of hydrogen-bond acceptors (Lipinski definition) is 5. The molecule has 0 atom stereocenters. The summed E-state index contributed by atoms with van der Waals surface area (Å²) in [7, 11) is 1.54. The Kier molecular flexibility index (Phi) is 6.31. The fourth-order valence-electron chi connectivity index (χ4n) is 1.48. The van der Waals surface area contributed by atoms with Gasteiger partial charge in [-0.15, -0.1) is 0 Å². The van der Waals surface area contributed by atoms with Crippen LogP contribution in [0.25, 0.3) is 0 Å². The van der Waals surface area contributed by atoms with E-state index in [9.17, 15) is 9.59 Å². The SMILES string of the molecule is CCOc1cc(NC(=O)CNC(=O)CN)ccc1OC. The second-order valence-electron chi connectivity index (χ2n) is 3.83. The molecule has 7 heteroatoms. The first-order valence-corrected chi connectivity index (χ1v) is 6.18. The maximum absolute atomic E-state index is 11.6. The highest BCUT2D eigenvalue weighted by molar-refractivity contribution is 5.94. The number of methoxy groups -OCH3 is 1. The molecule has 0 heterocycles. The first kappa shape index (κ1) is 15.8. The maximum atomic E-state index is 11.6. The summed E-state index contributed by atoms with van der Waals surface area (Å²) < 4.78 is 10.5. The number of carbonyl (C=O) groups excluding carboxylic acids is 2. The van der Waals surface area contributed by atoms with E-state index in [-0.39, 0.29) is 24.9 Å². The predicted molar refractivity (Wildman–Crippen MR) is 74.9 cm³/mol. The van der Waals surface area contributed by atoms with E-state index in [1.807, 2.05) is 6.92 Å². The third-order valence-electron chi connectivity index (χ3n) is 2.38. The lowest BCUT2D eigenvalue weighted by molar-refractivity contribution is -0.123. The van der Waals surface area contributed by atoms with E-state index in [0.717, 1.165) is 0 Å². The largest absolute Gasteiger partial charge is 0.493 e. The van der Waals surface area contributed by atoms with Gasteiger partial charge < -0.3 is 25.8 Å². The van der Waals surface area contributed by atoms with Crippen molar-refractivity contribution in [3.8, 4) is 11.5 Å². The quantitative estimate of drug-likeness (QED) is 0.658. The molecule has 2 amide bonds. The molecule has 0 fully saturated rings. The van der Waals surface area contributed by atoms with Gasteiger partial charge in [0.2, 0.25) is 11.8 Å². The summed E-state index contributed by atoms with van der Waals surface area (Å²) in [5.41, 5.74) is 5.68. The van der Waals surface area contributed by atoms with Crippen LogP contribution in [-0.2, 0) is 9.59 Å². The molecule has 0 aliphatic heterocycles. The molecule has 0 radical (unpaired) electrons. The molecule has 0 unspecified atom stereocenters. The summed E-state index contributed by atoms with van der Waals surface area (Å²) in [5, 5.41) is 5.02. The van der Waals surface area contributed by atoms with Crippen molar-refractivity contribution < 1.29 is 19.1 Å². The van der Waals surface area contributed by atoms with Crippen LogP contribution < -0.4 is 25.8 Å². The van der Waals surface area contributed by atoms with Crippen molar-refractivity contribution in [1.29, 1.82) is 0 Å². The average molecular weight is 281 g/mol. The van der Waals surface area contributed by atoms with Crippen LogP contribution in [0.5, 0.6) is 11.5 Å². The number of hydrogen-bond donors (Lipinski definition) is 3. The first-order valence-electron chi connectivity index (χ1n) is 6.18. The zero-order valence-corrected chi connectivity index (χ0v) is 11.6. The molecule has 110 valence electrons. The summed E-state index contributed by atoms with van der Waals surface area (Å²) >= 11 is 0. The van der Waals surface area contributed by atoms with Crippen molar-refractivity contribution in [2.75, 3.05) is 32.1 Å². The Morgan fingerprint density at radius 1 is 1.25 bits per heavy atom. The number of carbonyl (C=O) groups is 2. The molecule has 1 aromatic rings. The molecule has 0 aliphatic rings. The van der Waals surface area contributed by atoms with Gasteiger partial charge >= 0.3 is 0 Å². The first-order chi connectivity index (χ1) is 9.60. The van der Waals surface area contributed by atoms with Crippen LogP contribution in [0, 0.1) is 0 Å². The van der Waals surface area contributed by atoms with Gasteiger partial charge in [0, 0.05) is 11.8 Å². The van der Waals surface area contributed by atoms with Crippen LogP contribution in [0.1, 0.15) is 6.92 Å². The number of nitrogens with one attached hydrogen (secondary N) is 2. The summed E-state index contributed by atoms with van der Waals surface area (Å²) in [4.78, 5) is 22.6. The molecule has 4 N–H and O–H groups in total.